The van der Waals surface area contributed by atoms with Gasteiger partial charge in [0.15, 0.2) is 0 Å². The van der Waals surface area contributed by atoms with Crippen molar-refractivity contribution in [3.63, 3.8) is 0 Å². The third kappa shape index (κ3) is 3.78. The lowest BCUT2D eigenvalue weighted by molar-refractivity contribution is -0.133. The maximum absolute atomic E-state index is 12.9. The van der Waals surface area contributed by atoms with Crippen molar-refractivity contribution in [3.05, 3.63) is 47.8 Å². The molecule has 23 heavy (non-hydrogen) atoms. The van der Waals surface area contributed by atoms with E-state index < -0.39 is 0 Å². The van der Waals surface area contributed by atoms with Gasteiger partial charge in [0.1, 0.15) is 5.82 Å². The van der Waals surface area contributed by atoms with E-state index in [0.717, 1.165) is 12.8 Å². The summed E-state index contributed by atoms with van der Waals surface area (Å²) in [6.45, 7) is 2.20. The van der Waals surface area contributed by atoms with Crippen LogP contribution in [0, 0.1) is 11.7 Å². The Hall–Kier alpha value is -2.17. The molecule has 1 unspecified atom stereocenters. The quantitative estimate of drug-likeness (QED) is 0.804. The lowest BCUT2D eigenvalue weighted by Crippen LogP contribution is -2.50. The van der Waals surface area contributed by atoms with Crippen LogP contribution in [0.1, 0.15) is 29.6 Å². The Morgan fingerprint density at radius 3 is 2.30 bits per heavy atom. The van der Waals surface area contributed by atoms with E-state index in [2.05, 4.69) is 12.2 Å². The lowest BCUT2D eigenvalue weighted by Gasteiger charge is -2.35. The summed E-state index contributed by atoms with van der Waals surface area (Å²) in [6.07, 6.45) is 6.97. The molecule has 0 spiro atoms. The number of halogens is 1. The van der Waals surface area contributed by atoms with E-state index in [1.165, 1.54) is 24.3 Å². The van der Waals surface area contributed by atoms with Gasteiger partial charge in [-0.3, -0.25) is 9.59 Å². The Labute approximate surface area is 135 Å². The normalized spacial score (nSPS) is 20.8. The van der Waals surface area contributed by atoms with E-state index in [1.807, 2.05) is 4.90 Å². The zero-order chi connectivity index (χ0) is 16.2. The largest absolute Gasteiger partial charge is 0.339 e. The second-order valence-corrected chi connectivity index (χ2v) is 6.15. The number of hydrogen-bond acceptors (Lipinski definition) is 2. The van der Waals surface area contributed by atoms with Crippen molar-refractivity contribution in [2.24, 2.45) is 5.92 Å². The van der Waals surface area contributed by atoms with Gasteiger partial charge in [0, 0.05) is 38.2 Å². The van der Waals surface area contributed by atoms with Crippen molar-refractivity contribution in [2.75, 3.05) is 26.2 Å². The number of hydrogen-bond donors (Lipinski definition) is 0. The van der Waals surface area contributed by atoms with Gasteiger partial charge in [-0.05, 0) is 43.0 Å². The van der Waals surface area contributed by atoms with Gasteiger partial charge in [-0.15, -0.1) is 0 Å². The number of allylic oxidation sites excluding steroid dienone is 2. The third-order valence-corrected chi connectivity index (χ3v) is 4.56. The maximum atomic E-state index is 12.9. The summed E-state index contributed by atoms with van der Waals surface area (Å²) in [7, 11) is 0. The van der Waals surface area contributed by atoms with Gasteiger partial charge in [-0.1, -0.05) is 12.2 Å². The van der Waals surface area contributed by atoms with Crippen LogP contribution in [0.5, 0.6) is 0 Å². The van der Waals surface area contributed by atoms with Crippen molar-refractivity contribution >= 4 is 11.8 Å². The molecule has 1 fully saturated rings. The van der Waals surface area contributed by atoms with Gasteiger partial charge in [-0.2, -0.15) is 0 Å². The highest BCUT2D eigenvalue weighted by Crippen LogP contribution is 2.21. The fourth-order valence-electron chi connectivity index (χ4n) is 3.15. The van der Waals surface area contributed by atoms with E-state index in [9.17, 15) is 14.0 Å². The smallest absolute Gasteiger partial charge is 0.253 e. The average molecular weight is 316 g/mol. The first kappa shape index (κ1) is 15.7. The highest BCUT2D eigenvalue weighted by atomic mass is 19.1. The highest BCUT2D eigenvalue weighted by molar-refractivity contribution is 5.94. The molecule has 1 heterocycles. The van der Waals surface area contributed by atoms with Gasteiger partial charge in [0.05, 0.1) is 0 Å². The molecule has 1 aromatic rings. The third-order valence-electron chi connectivity index (χ3n) is 4.56. The van der Waals surface area contributed by atoms with E-state index in [0.29, 0.717) is 44.1 Å². The number of carbonyl (C=O) groups excluding carboxylic acids is 2. The van der Waals surface area contributed by atoms with Crippen LogP contribution in [0.25, 0.3) is 0 Å². The molecule has 2 aliphatic rings. The molecule has 0 radical (unpaired) electrons. The zero-order valence-electron chi connectivity index (χ0n) is 13.1. The van der Waals surface area contributed by atoms with Crippen LogP contribution in [0.4, 0.5) is 4.39 Å². The van der Waals surface area contributed by atoms with Gasteiger partial charge in [-0.25, -0.2) is 4.39 Å². The minimum Gasteiger partial charge on any atom is -0.339 e. The van der Waals surface area contributed by atoms with E-state index in [4.69, 9.17) is 0 Å². The molecular formula is C18H21FN2O2. The van der Waals surface area contributed by atoms with Crippen LogP contribution in [-0.2, 0) is 4.79 Å². The van der Waals surface area contributed by atoms with Crippen molar-refractivity contribution in [3.8, 4) is 0 Å². The minimum absolute atomic E-state index is 0.101. The molecule has 1 aromatic carbocycles. The molecule has 5 heteroatoms. The Kier molecular flexibility index (Phi) is 4.74. The van der Waals surface area contributed by atoms with Crippen molar-refractivity contribution in [1.82, 2.24) is 9.80 Å². The average Bonchev–Trinajstić information content (AvgIpc) is 3.08. The summed E-state index contributed by atoms with van der Waals surface area (Å²) in [5.74, 6) is 0.102. The molecule has 0 bridgehead atoms. The van der Waals surface area contributed by atoms with Gasteiger partial charge >= 0.3 is 0 Å². The van der Waals surface area contributed by atoms with Crippen LogP contribution in [0.15, 0.2) is 36.4 Å². The van der Waals surface area contributed by atoms with Crippen LogP contribution < -0.4 is 0 Å². The Bertz CT molecular complexity index is 604. The number of nitrogens with zero attached hydrogens (tertiary/aromatic N) is 2. The number of benzene rings is 1. The molecule has 0 saturated carbocycles. The molecule has 2 amide bonds. The predicted octanol–water partition coefficient (Wildman–Crippen LogP) is 2.47. The first-order valence-corrected chi connectivity index (χ1v) is 8.13. The SMILES string of the molecule is O=C(CC1C=CCC1)N1CCN(C(=O)c2ccc(F)cc2)CC1. The summed E-state index contributed by atoms with van der Waals surface area (Å²) in [5, 5.41) is 0. The van der Waals surface area contributed by atoms with Crippen LogP contribution in [0.3, 0.4) is 0 Å². The zero-order valence-corrected chi connectivity index (χ0v) is 13.1. The van der Waals surface area contributed by atoms with E-state index >= 15 is 0 Å². The molecule has 122 valence electrons. The fourth-order valence-corrected chi connectivity index (χ4v) is 3.15. The molecule has 1 atom stereocenters. The topological polar surface area (TPSA) is 40.6 Å². The number of piperazine rings is 1. The van der Waals surface area contributed by atoms with E-state index in [1.54, 1.807) is 4.90 Å². The van der Waals surface area contributed by atoms with Crippen molar-refractivity contribution in [1.29, 1.82) is 0 Å². The minimum atomic E-state index is -0.349. The summed E-state index contributed by atoms with van der Waals surface area (Å²) >= 11 is 0. The second kappa shape index (κ2) is 6.94. The molecule has 4 nitrogen and oxygen atoms in total. The number of amides is 2. The first-order valence-electron chi connectivity index (χ1n) is 8.13. The van der Waals surface area contributed by atoms with Crippen molar-refractivity contribution in [2.45, 2.75) is 19.3 Å². The van der Waals surface area contributed by atoms with Gasteiger partial charge in [0.25, 0.3) is 5.91 Å². The molecule has 3 rings (SSSR count). The number of carbonyl (C=O) groups is 2. The molecule has 1 aliphatic carbocycles. The lowest BCUT2D eigenvalue weighted by atomic mass is 10.0. The van der Waals surface area contributed by atoms with E-state index in [-0.39, 0.29) is 17.6 Å². The summed E-state index contributed by atoms with van der Waals surface area (Å²) < 4.78 is 12.9. The van der Waals surface area contributed by atoms with Gasteiger partial charge in [0.2, 0.25) is 5.91 Å². The van der Waals surface area contributed by atoms with Crippen molar-refractivity contribution < 1.29 is 14.0 Å². The highest BCUT2D eigenvalue weighted by Gasteiger charge is 2.26. The van der Waals surface area contributed by atoms with Gasteiger partial charge < -0.3 is 9.80 Å². The number of rotatable bonds is 3. The second-order valence-electron chi connectivity index (χ2n) is 6.15. The van der Waals surface area contributed by atoms with Crippen LogP contribution >= 0.6 is 0 Å². The molecule has 1 aliphatic heterocycles. The monoisotopic (exact) mass is 316 g/mol. The first-order chi connectivity index (χ1) is 11.1. The fraction of sp³-hybridized carbons (Fsp3) is 0.444. The van der Waals surface area contributed by atoms with Crippen LogP contribution in [-0.4, -0.2) is 47.8 Å². The Balaban J connectivity index is 1.51. The van der Waals surface area contributed by atoms with Crippen LogP contribution in [0.2, 0.25) is 0 Å². The maximum Gasteiger partial charge on any atom is 0.253 e. The summed E-state index contributed by atoms with van der Waals surface area (Å²) in [5.41, 5.74) is 0.488. The summed E-state index contributed by atoms with van der Waals surface area (Å²) in [4.78, 5) is 28.2. The molecule has 1 saturated heterocycles. The predicted molar refractivity (Wildman–Crippen MR) is 85.4 cm³/mol. The standard InChI is InChI=1S/C18H21FN2O2/c19-16-7-5-15(6-8-16)18(23)21-11-9-20(10-12-21)17(22)13-14-3-1-2-4-14/h1,3,5-8,14H,2,4,9-13H2. The Morgan fingerprint density at radius 1 is 1.04 bits per heavy atom. The molecular weight excluding hydrogens is 295 g/mol. The molecule has 0 N–H and O–H groups in total. The summed E-state index contributed by atoms with van der Waals surface area (Å²) in [6, 6.07) is 5.59. The molecule has 0 aromatic heterocycles. The Morgan fingerprint density at radius 2 is 1.70 bits per heavy atom.